The van der Waals surface area contributed by atoms with Crippen molar-refractivity contribution < 1.29 is 10.1 Å². The van der Waals surface area contributed by atoms with E-state index >= 15 is 0 Å². The van der Waals surface area contributed by atoms with Gasteiger partial charge in [0.1, 0.15) is 0 Å². The van der Waals surface area contributed by atoms with Crippen LogP contribution in [0.3, 0.4) is 0 Å². The molecule has 0 atom stereocenters. The van der Waals surface area contributed by atoms with Gasteiger partial charge >= 0.3 is 0 Å². The maximum Gasteiger partial charge on any atom is 0.278 e. The second kappa shape index (κ2) is 4.36. The molecule has 0 saturated carbocycles. The van der Waals surface area contributed by atoms with Gasteiger partial charge in [0.25, 0.3) is 5.69 Å². The standard InChI is InChI=1S/C9H10N2O3/c1-2-8(10-12)7-5-3-4-6-9(7)11(13)14/h3-6,12H,2H2,1H3/b10-8+. The van der Waals surface area contributed by atoms with E-state index in [0.29, 0.717) is 17.7 Å². The Bertz CT molecular complexity index is 374. The third-order valence-electron chi connectivity index (χ3n) is 1.87. The lowest BCUT2D eigenvalue weighted by atomic mass is 10.1. The highest BCUT2D eigenvalue weighted by Crippen LogP contribution is 2.19. The van der Waals surface area contributed by atoms with E-state index in [1.54, 1.807) is 25.1 Å². The normalized spacial score (nSPS) is 11.4. The molecule has 0 unspecified atom stereocenters. The highest BCUT2D eigenvalue weighted by molar-refractivity contribution is 6.03. The van der Waals surface area contributed by atoms with Crippen LogP contribution < -0.4 is 0 Å². The average molecular weight is 194 g/mol. The van der Waals surface area contributed by atoms with Gasteiger partial charge in [-0.2, -0.15) is 0 Å². The van der Waals surface area contributed by atoms with Crippen molar-refractivity contribution in [2.45, 2.75) is 13.3 Å². The number of oxime groups is 1. The first-order valence-electron chi connectivity index (χ1n) is 4.15. The van der Waals surface area contributed by atoms with Crippen molar-refractivity contribution >= 4 is 11.4 Å². The first-order chi connectivity index (χ1) is 6.70. The molecule has 0 aliphatic rings. The topological polar surface area (TPSA) is 75.7 Å². The Balaban J connectivity index is 3.26. The van der Waals surface area contributed by atoms with Crippen LogP contribution in [0.4, 0.5) is 5.69 Å². The molecular weight excluding hydrogens is 184 g/mol. The molecule has 1 aromatic rings. The zero-order valence-corrected chi connectivity index (χ0v) is 7.67. The smallest absolute Gasteiger partial charge is 0.278 e. The van der Waals surface area contributed by atoms with E-state index < -0.39 is 4.92 Å². The molecule has 74 valence electrons. The minimum absolute atomic E-state index is 0.0397. The van der Waals surface area contributed by atoms with Crippen LogP contribution in [0, 0.1) is 10.1 Å². The minimum atomic E-state index is -0.490. The Labute approximate surface area is 80.8 Å². The third-order valence-corrected chi connectivity index (χ3v) is 1.87. The molecule has 0 heterocycles. The number of nitrogens with zero attached hydrogens (tertiary/aromatic N) is 2. The SMILES string of the molecule is CC/C(=N\O)c1ccccc1[N+](=O)[O-]. The molecule has 0 bridgehead atoms. The molecule has 5 heteroatoms. The van der Waals surface area contributed by atoms with Gasteiger partial charge < -0.3 is 5.21 Å². The Morgan fingerprint density at radius 2 is 2.21 bits per heavy atom. The van der Waals surface area contributed by atoms with Gasteiger partial charge in [0, 0.05) is 6.07 Å². The van der Waals surface area contributed by atoms with Crippen molar-refractivity contribution in [3.8, 4) is 0 Å². The van der Waals surface area contributed by atoms with E-state index in [2.05, 4.69) is 5.16 Å². The molecule has 5 nitrogen and oxygen atoms in total. The van der Waals surface area contributed by atoms with Crippen molar-refractivity contribution in [3.05, 3.63) is 39.9 Å². The quantitative estimate of drug-likeness (QED) is 0.347. The fourth-order valence-electron chi connectivity index (χ4n) is 1.19. The van der Waals surface area contributed by atoms with Crippen molar-refractivity contribution in [1.29, 1.82) is 0 Å². The van der Waals surface area contributed by atoms with E-state index in [1.807, 2.05) is 0 Å². The summed E-state index contributed by atoms with van der Waals surface area (Å²) >= 11 is 0. The van der Waals surface area contributed by atoms with Crippen LogP contribution in [0.15, 0.2) is 29.4 Å². The number of para-hydroxylation sites is 1. The summed E-state index contributed by atoms with van der Waals surface area (Å²) in [6.07, 6.45) is 0.446. The van der Waals surface area contributed by atoms with Crippen LogP contribution in [0.2, 0.25) is 0 Å². The molecule has 1 aromatic carbocycles. The second-order valence-corrected chi connectivity index (χ2v) is 2.67. The highest BCUT2D eigenvalue weighted by Gasteiger charge is 2.16. The number of hydrogen-bond acceptors (Lipinski definition) is 4. The lowest BCUT2D eigenvalue weighted by Crippen LogP contribution is -2.03. The maximum atomic E-state index is 10.6. The van der Waals surface area contributed by atoms with Gasteiger partial charge in [-0.15, -0.1) is 0 Å². The lowest BCUT2D eigenvalue weighted by molar-refractivity contribution is -0.385. The van der Waals surface area contributed by atoms with Crippen LogP contribution in [-0.2, 0) is 0 Å². The average Bonchev–Trinajstić information content (AvgIpc) is 2.20. The van der Waals surface area contributed by atoms with Gasteiger partial charge in [0.05, 0.1) is 16.2 Å². The lowest BCUT2D eigenvalue weighted by Gasteiger charge is -2.01. The summed E-state index contributed by atoms with van der Waals surface area (Å²) in [6, 6.07) is 6.20. The molecule has 0 aromatic heterocycles. The molecule has 1 N–H and O–H groups in total. The Morgan fingerprint density at radius 3 is 2.71 bits per heavy atom. The van der Waals surface area contributed by atoms with Gasteiger partial charge in [-0.25, -0.2) is 0 Å². The van der Waals surface area contributed by atoms with Gasteiger partial charge in [0.15, 0.2) is 0 Å². The van der Waals surface area contributed by atoms with E-state index in [-0.39, 0.29) is 5.69 Å². The maximum absolute atomic E-state index is 10.6. The van der Waals surface area contributed by atoms with Crippen molar-refractivity contribution in [3.63, 3.8) is 0 Å². The molecule has 14 heavy (non-hydrogen) atoms. The van der Waals surface area contributed by atoms with E-state index in [4.69, 9.17) is 5.21 Å². The molecule has 0 fully saturated rings. The summed E-state index contributed by atoms with van der Waals surface area (Å²) in [5.41, 5.74) is 0.641. The number of rotatable bonds is 3. The molecule has 0 amide bonds. The van der Waals surface area contributed by atoms with Gasteiger partial charge in [-0.3, -0.25) is 10.1 Å². The third kappa shape index (κ3) is 1.87. The molecule has 0 aliphatic carbocycles. The molecule has 0 aliphatic heterocycles. The predicted molar refractivity (Wildman–Crippen MR) is 51.7 cm³/mol. The fourth-order valence-corrected chi connectivity index (χ4v) is 1.19. The number of benzene rings is 1. The summed E-state index contributed by atoms with van der Waals surface area (Å²) in [6.45, 7) is 1.77. The number of nitro benzene ring substituents is 1. The zero-order valence-electron chi connectivity index (χ0n) is 7.67. The molecule has 0 saturated heterocycles. The summed E-state index contributed by atoms with van der Waals surface area (Å²) in [5, 5.41) is 22.3. The molecule has 1 rings (SSSR count). The Morgan fingerprint density at radius 1 is 1.57 bits per heavy atom. The van der Waals surface area contributed by atoms with E-state index in [0.717, 1.165) is 0 Å². The van der Waals surface area contributed by atoms with Crippen LogP contribution >= 0.6 is 0 Å². The van der Waals surface area contributed by atoms with Crippen LogP contribution in [0.5, 0.6) is 0 Å². The Hall–Kier alpha value is -1.91. The second-order valence-electron chi connectivity index (χ2n) is 2.67. The van der Waals surface area contributed by atoms with Gasteiger partial charge in [0.2, 0.25) is 0 Å². The van der Waals surface area contributed by atoms with E-state index in [1.165, 1.54) is 6.07 Å². The molecular formula is C9H10N2O3. The predicted octanol–water partition coefficient (Wildman–Crippen LogP) is 2.18. The molecule has 0 spiro atoms. The highest BCUT2D eigenvalue weighted by atomic mass is 16.6. The summed E-state index contributed by atoms with van der Waals surface area (Å²) in [5.74, 6) is 0. The Kier molecular flexibility index (Phi) is 3.17. The minimum Gasteiger partial charge on any atom is -0.411 e. The van der Waals surface area contributed by atoms with Gasteiger partial charge in [-0.05, 0) is 12.5 Å². The van der Waals surface area contributed by atoms with Crippen LogP contribution in [0.25, 0.3) is 0 Å². The van der Waals surface area contributed by atoms with Crippen molar-refractivity contribution in [1.82, 2.24) is 0 Å². The fraction of sp³-hybridized carbons (Fsp3) is 0.222. The first-order valence-corrected chi connectivity index (χ1v) is 4.15. The largest absolute Gasteiger partial charge is 0.411 e. The monoisotopic (exact) mass is 194 g/mol. The summed E-state index contributed by atoms with van der Waals surface area (Å²) in [7, 11) is 0. The first kappa shape index (κ1) is 10.2. The van der Waals surface area contributed by atoms with Crippen molar-refractivity contribution in [2.24, 2.45) is 5.16 Å². The molecule has 0 radical (unpaired) electrons. The summed E-state index contributed by atoms with van der Waals surface area (Å²) in [4.78, 5) is 10.1. The van der Waals surface area contributed by atoms with Gasteiger partial charge in [-0.1, -0.05) is 24.2 Å². The van der Waals surface area contributed by atoms with Crippen LogP contribution in [-0.4, -0.2) is 15.8 Å². The number of hydrogen-bond donors (Lipinski definition) is 1. The van der Waals surface area contributed by atoms with Crippen LogP contribution in [0.1, 0.15) is 18.9 Å². The van der Waals surface area contributed by atoms with Crippen molar-refractivity contribution in [2.75, 3.05) is 0 Å². The summed E-state index contributed by atoms with van der Waals surface area (Å²) < 4.78 is 0. The number of nitro groups is 1. The van der Waals surface area contributed by atoms with E-state index in [9.17, 15) is 10.1 Å². The zero-order chi connectivity index (χ0) is 10.6.